The summed E-state index contributed by atoms with van der Waals surface area (Å²) in [5, 5.41) is 10.3. The minimum atomic E-state index is -0.624. The number of para-hydroxylation sites is 1. The maximum atomic E-state index is 13.5. The number of amides is 4. The van der Waals surface area contributed by atoms with Crippen LogP contribution in [0.2, 0.25) is 0 Å². The smallest absolute Gasteiger partial charge is 0.272 e. The molecule has 0 aromatic heterocycles. The lowest BCUT2D eigenvalue weighted by atomic mass is 10.0. The van der Waals surface area contributed by atoms with Crippen LogP contribution in [0.5, 0.6) is 0 Å². The third-order valence-electron chi connectivity index (χ3n) is 6.60. The van der Waals surface area contributed by atoms with Gasteiger partial charge in [-0.1, -0.05) is 72.8 Å². The zero-order valence-electron chi connectivity index (χ0n) is 23.5. The molecule has 44 heavy (non-hydrogen) atoms. The normalized spacial score (nSPS) is 11.0. The first-order chi connectivity index (χ1) is 21.4. The predicted molar refractivity (Wildman–Crippen MR) is 175 cm³/mol. The van der Waals surface area contributed by atoms with Crippen molar-refractivity contribution in [2.75, 3.05) is 16.4 Å². The van der Waals surface area contributed by atoms with Crippen molar-refractivity contribution in [3.05, 3.63) is 144 Å². The third-order valence-corrected chi connectivity index (χ3v) is 7.61. The zero-order chi connectivity index (χ0) is 30.9. The average Bonchev–Trinajstić information content (AvgIpc) is 3.04. The first-order valence-electron chi connectivity index (χ1n) is 13.7. The molecule has 0 fully saturated rings. The number of thioether (sulfide) groups is 1. The summed E-state index contributed by atoms with van der Waals surface area (Å²) in [5.74, 6) is -1.72. The Morgan fingerprint density at radius 1 is 0.705 bits per heavy atom. The maximum Gasteiger partial charge on any atom is 0.272 e. The molecule has 5 rings (SSSR count). The summed E-state index contributed by atoms with van der Waals surface area (Å²) in [6, 6.07) is 35.8. The highest BCUT2D eigenvalue weighted by Crippen LogP contribution is 2.23. The van der Waals surface area contributed by atoms with Crippen LogP contribution in [0, 0.1) is 0 Å². The van der Waals surface area contributed by atoms with Gasteiger partial charge in [0.25, 0.3) is 17.7 Å². The van der Waals surface area contributed by atoms with Crippen molar-refractivity contribution in [3.8, 4) is 0 Å². The van der Waals surface area contributed by atoms with Gasteiger partial charge >= 0.3 is 0 Å². The Kier molecular flexibility index (Phi) is 9.48. The second kappa shape index (κ2) is 14.0. The lowest BCUT2D eigenvalue weighted by Gasteiger charge is -2.13. The van der Waals surface area contributed by atoms with Crippen LogP contribution in [0.15, 0.2) is 132 Å². The highest BCUT2D eigenvalue weighted by molar-refractivity contribution is 8.00. The average molecular weight is 601 g/mol. The molecule has 0 saturated carbocycles. The third kappa shape index (κ3) is 7.58. The van der Waals surface area contributed by atoms with Gasteiger partial charge in [0.1, 0.15) is 5.70 Å². The number of nitrogens with one attached hydrogen (secondary N) is 3. The topological polar surface area (TPSA) is 130 Å². The minimum absolute atomic E-state index is 0.0848. The largest absolute Gasteiger partial charge is 0.366 e. The number of hydrogen-bond donors (Lipinski definition) is 4. The Hall–Kier alpha value is -5.67. The van der Waals surface area contributed by atoms with Crippen molar-refractivity contribution < 1.29 is 19.2 Å². The van der Waals surface area contributed by atoms with E-state index in [0.29, 0.717) is 16.9 Å². The van der Waals surface area contributed by atoms with Gasteiger partial charge in [-0.3, -0.25) is 19.2 Å². The van der Waals surface area contributed by atoms with Crippen molar-refractivity contribution in [3.63, 3.8) is 0 Å². The van der Waals surface area contributed by atoms with Gasteiger partial charge in [-0.25, -0.2) is 0 Å². The van der Waals surface area contributed by atoms with Gasteiger partial charge in [-0.15, -0.1) is 11.8 Å². The van der Waals surface area contributed by atoms with E-state index in [1.54, 1.807) is 78.9 Å². The molecule has 0 aliphatic heterocycles. The van der Waals surface area contributed by atoms with E-state index in [4.69, 9.17) is 5.73 Å². The molecule has 5 aromatic rings. The number of nitrogens with two attached hydrogens (primary N) is 1. The van der Waals surface area contributed by atoms with Crippen molar-refractivity contribution in [1.29, 1.82) is 0 Å². The van der Waals surface area contributed by atoms with E-state index in [9.17, 15) is 19.2 Å². The molecule has 5 N–H and O–H groups in total. The number of rotatable bonds is 10. The van der Waals surface area contributed by atoms with Gasteiger partial charge in [0.2, 0.25) is 5.91 Å². The van der Waals surface area contributed by atoms with Crippen LogP contribution in [-0.2, 0) is 9.59 Å². The van der Waals surface area contributed by atoms with Crippen LogP contribution >= 0.6 is 11.8 Å². The van der Waals surface area contributed by atoms with Gasteiger partial charge in [-0.2, -0.15) is 0 Å². The Morgan fingerprint density at radius 3 is 2.16 bits per heavy atom. The van der Waals surface area contributed by atoms with Gasteiger partial charge in [-0.05, 0) is 70.9 Å². The molecule has 0 bridgehead atoms. The quantitative estimate of drug-likeness (QED) is 0.114. The fourth-order valence-electron chi connectivity index (χ4n) is 4.45. The van der Waals surface area contributed by atoms with Gasteiger partial charge in [0, 0.05) is 16.1 Å². The highest BCUT2D eigenvalue weighted by atomic mass is 32.2. The van der Waals surface area contributed by atoms with Crippen LogP contribution in [0.3, 0.4) is 0 Å². The van der Waals surface area contributed by atoms with E-state index in [1.165, 1.54) is 11.8 Å². The number of carbonyl (C=O) groups is 4. The van der Waals surface area contributed by atoms with Crippen LogP contribution in [0.1, 0.15) is 26.3 Å². The first kappa shape index (κ1) is 29.8. The molecule has 8 nitrogen and oxygen atoms in total. The van der Waals surface area contributed by atoms with E-state index in [2.05, 4.69) is 16.0 Å². The van der Waals surface area contributed by atoms with Crippen molar-refractivity contribution >= 4 is 63.6 Å². The van der Waals surface area contributed by atoms with Crippen molar-refractivity contribution in [2.45, 2.75) is 4.90 Å². The van der Waals surface area contributed by atoms with Crippen molar-refractivity contribution in [1.82, 2.24) is 5.32 Å². The summed E-state index contributed by atoms with van der Waals surface area (Å²) in [4.78, 5) is 51.4. The summed E-state index contributed by atoms with van der Waals surface area (Å²) in [6.07, 6.45) is 1.66. The van der Waals surface area contributed by atoms with E-state index in [-0.39, 0.29) is 22.9 Å². The zero-order valence-corrected chi connectivity index (χ0v) is 24.3. The fraction of sp³-hybridized carbons (Fsp3) is 0.0286. The van der Waals surface area contributed by atoms with Gasteiger partial charge in [0.15, 0.2) is 0 Å². The lowest BCUT2D eigenvalue weighted by Crippen LogP contribution is -2.30. The Bertz CT molecular complexity index is 1870. The minimum Gasteiger partial charge on any atom is -0.366 e. The van der Waals surface area contributed by atoms with E-state index < -0.39 is 17.7 Å². The van der Waals surface area contributed by atoms with Crippen LogP contribution in [-0.4, -0.2) is 29.4 Å². The molecule has 0 atom stereocenters. The number of anilines is 2. The van der Waals surface area contributed by atoms with E-state index >= 15 is 0 Å². The van der Waals surface area contributed by atoms with Gasteiger partial charge in [0.05, 0.1) is 17.0 Å². The summed E-state index contributed by atoms with van der Waals surface area (Å²) in [7, 11) is 0. The molecule has 0 saturated heterocycles. The molecule has 0 spiro atoms. The second-order valence-corrected chi connectivity index (χ2v) is 10.7. The molecule has 0 heterocycles. The molecule has 0 aliphatic rings. The molecule has 0 aliphatic carbocycles. The Balaban J connectivity index is 1.28. The molecule has 0 radical (unpaired) electrons. The number of hydrogen-bond acceptors (Lipinski definition) is 5. The number of carbonyl (C=O) groups excluding carboxylic acids is 4. The maximum absolute atomic E-state index is 13.5. The molecule has 4 amide bonds. The van der Waals surface area contributed by atoms with Gasteiger partial charge < -0.3 is 21.7 Å². The molecule has 5 aromatic carbocycles. The molecular weight excluding hydrogens is 572 g/mol. The van der Waals surface area contributed by atoms with Crippen molar-refractivity contribution in [2.24, 2.45) is 5.73 Å². The molecular formula is C35H28N4O4S. The summed E-state index contributed by atoms with van der Waals surface area (Å²) in [5.41, 5.74) is 7.78. The number of primary amides is 1. The van der Waals surface area contributed by atoms with Crippen LogP contribution in [0.25, 0.3) is 16.8 Å². The Labute approximate surface area is 258 Å². The first-order valence-corrected chi connectivity index (χ1v) is 14.6. The van der Waals surface area contributed by atoms with Crippen LogP contribution in [0.4, 0.5) is 11.4 Å². The van der Waals surface area contributed by atoms with E-state index in [1.807, 2.05) is 48.5 Å². The standard InChI is InChI=1S/C35H28N4O4S/c36-33(41)29-15-6-7-16-30(29)38-32(40)22-44-27-19-17-26(18-20-27)37-35(43)31(39-34(42)24-10-2-1-3-11-24)21-25-13-8-12-23-9-4-5-14-28(23)25/h1-21H,22H2,(H2,36,41)(H,37,43)(H,38,40)(H,39,42)/b31-21-. The monoisotopic (exact) mass is 600 g/mol. The highest BCUT2D eigenvalue weighted by Gasteiger charge is 2.16. The molecule has 218 valence electrons. The summed E-state index contributed by atoms with van der Waals surface area (Å²) < 4.78 is 0. The molecule has 0 unspecified atom stereocenters. The number of benzene rings is 5. The van der Waals surface area contributed by atoms with E-state index in [0.717, 1.165) is 21.2 Å². The Morgan fingerprint density at radius 2 is 1.39 bits per heavy atom. The second-order valence-electron chi connectivity index (χ2n) is 9.67. The summed E-state index contributed by atoms with van der Waals surface area (Å²) >= 11 is 1.30. The molecule has 9 heteroatoms. The predicted octanol–water partition coefficient (Wildman–Crippen LogP) is 6.08. The SMILES string of the molecule is NC(=O)c1ccccc1NC(=O)CSc1ccc(NC(=O)/C(=C/c2cccc3ccccc23)NC(=O)c2ccccc2)cc1. The number of fused-ring (bicyclic) bond motifs is 1. The van der Waals surface area contributed by atoms with Crippen LogP contribution < -0.4 is 21.7 Å². The summed E-state index contributed by atoms with van der Waals surface area (Å²) in [6.45, 7) is 0. The fourth-order valence-corrected chi connectivity index (χ4v) is 5.15. The lowest BCUT2D eigenvalue weighted by molar-refractivity contribution is -0.114.